The van der Waals surface area contributed by atoms with Gasteiger partial charge in [-0.3, -0.25) is 4.98 Å². The molecule has 0 bridgehead atoms. The fourth-order valence-electron chi connectivity index (χ4n) is 2.82. The van der Waals surface area contributed by atoms with Crippen LogP contribution in [0.5, 0.6) is 0 Å². The largest absolute Gasteiger partial charge is 0.359 e. The number of rotatable bonds is 3. The third kappa shape index (κ3) is 2.95. The van der Waals surface area contributed by atoms with Gasteiger partial charge in [0.2, 0.25) is 0 Å². The maximum Gasteiger partial charge on any atom is 0.318 e. The molecule has 22 heavy (non-hydrogen) atoms. The molecule has 3 heterocycles. The SMILES string of the molecule is Cc1cc([C@H]2CCCN2C(=O)N[C@H](C)c2ccccn2)on1. The summed E-state index contributed by atoms with van der Waals surface area (Å²) >= 11 is 0. The highest BCUT2D eigenvalue weighted by Crippen LogP contribution is 2.32. The summed E-state index contributed by atoms with van der Waals surface area (Å²) in [4.78, 5) is 18.6. The first-order valence-corrected chi connectivity index (χ1v) is 7.56. The monoisotopic (exact) mass is 300 g/mol. The minimum atomic E-state index is -0.133. The van der Waals surface area contributed by atoms with Crippen LogP contribution in [0.25, 0.3) is 0 Å². The van der Waals surface area contributed by atoms with E-state index in [0.29, 0.717) is 0 Å². The number of urea groups is 1. The van der Waals surface area contributed by atoms with Gasteiger partial charge in [-0.2, -0.15) is 0 Å². The zero-order valence-corrected chi connectivity index (χ0v) is 12.8. The Morgan fingerprint density at radius 1 is 1.50 bits per heavy atom. The number of nitrogens with one attached hydrogen (secondary N) is 1. The number of nitrogens with zero attached hydrogens (tertiary/aromatic N) is 3. The number of likely N-dealkylation sites (tertiary alicyclic amines) is 1. The molecule has 1 fully saturated rings. The Balaban J connectivity index is 1.69. The number of carbonyl (C=O) groups excluding carboxylic acids is 1. The summed E-state index contributed by atoms with van der Waals surface area (Å²) in [6.45, 7) is 4.55. The fourth-order valence-corrected chi connectivity index (χ4v) is 2.82. The summed E-state index contributed by atoms with van der Waals surface area (Å²) in [7, 11) is 0. The Hall–Kier alpha value is -2.37. The van der Waals surface area contributed by atoms with Crippen LogP contribution in [0.15, 0.2) is 35.0 Å². The maximum atomic E-state index is 12.5. The second kappa shape index (κ2) is 6.17. The van der Waals surface area contributed by atoms with Crippen LogP contribution >= 0.6 is 0 Å². The Morgan fingerprint density at radius 2 is 2.36 bits per heavy atom. The normalized spacial score (nSPS) is 19.2. The summed E-state index contributed by atoms with van der Waals surface area (Å²) in [5.74, 6) is 0.760. The topological polar surface area (TPSA) is 71.3 Å². The van der Waals surface area contributed by atoms with Crippen LogP contribution in [-0.2, 0) is 0 Å². The van der Waals surface area contributed by atoms with Crippen LogP contribution in [0.3, 0.4) is 0 Å². The van der Waals surface area contributed by atoms with Crippen molar-refractivity contribution in [2.24, 2.45) is 0 Å². The number of carbonyl (C=O) groups is 1. The van der Waals surface area contributed by atoms with Gasteiger partial charge in [0, 0.05) is 18.8 Å². The second-order valence-electron chi connectivity index (χ2n) is 5.65. The van der Waals surface area contributed by atoms with Crippen molar-refractivity contribution in [2.75, 3.05) is 6.54 Å². The lowest BCUT2D eigenvalue weighted by atomic mass is 10.1. The molecule has 1 saturated heterocycles. The predicted molar refractivity (Wildman–Crippen MR) is 81.1 cm³/mol. The molecule has 0 spiro atoms. The van der Waals surface area contributed by atoms with Crippen LogP contribution in [0.2, 0.25) is 0 Å². The van der Waals surface area contributed by atoms with Gasteiger partial charge in [-0.05, 0) is 38.8 Å². The molecule has 1 N–H and O–H groups in total. The lowest BCUT2D eigenvalue weighted by Gasteiger charge is -2.25. The maximum absolute atomic E-state index is 12.5. The number of aromatic nitrogens is 2. The lowest BCUT2D eigenvalue weighted by Crippen LogP contribution is -2.40. The van der Waals surface area contributed by atoms with Crippen molar-refractivity contribution in [3.05, 3.63) is 47.6 Å². The number of hydrogen-bond donors (Lipinski definition) is 1. The van der Waals surface area contributed by atoms with Gasteiger partial charge in [-0.1, -0.05) is 11.2 Å². The standard InChI is InChI=1S/C16H20N4O2/c1-11-10-15(22-19-11)14-7-5-9-20(14)16(21)18-12(2)13-6-3-4-8-17-13/h3-4,6,8,10,12,14H,5,7,9H2,1-2H3,(H,18,21)/t12-,14-/m1/s1. The first-order valence-electron chi connectivity index (χ1n) is 7.56. The van der Waals surface area contributed by atoms with Crippen molar-refractivity contribution < 1.29 is 9.32 Å². The minimum Gasteiger partial charge on any atom is -0.359 e. The van der Waals surface area contributed by atoms with E-state index in [9.17, 15) is 4.79 Å². The van der Waals surface area contributed by atoms with Crippen molar-refractivity contribution in [2.45, 2.75) is 38.8 Å². The Labute approximate surface area is 129 Å². The molecule has 0 aromatic carbocycles. The highest BCUT2D eigenvalue weighted by molar-refractivity contribution is 5.75. The van der Waals surface area contributed by atoms with E-state index in [4.69, 9.17) is 4.52 Å². The zero-order valence-electron chi connectivity index (χ0n) is 12.8. The molecule has 2 atom stereocenters. The average molecular weight is 300 g/mol. The predicted octanol–water partition coefficient (Wildman–Crippen LogP) is 2.99. The molecule has 0 saturated carbocycles. The molecule has 2 amide bonds. The van der Waals surface area contributed by atoms with E-state index >= 15 is 0 Å². The Bertz CT molecular complexity index is 641. The molecule has 0 radical (unpaired) electrons. The van der Waals surface area contributed by atoms with E-state index in [1.54, 1.807) is 6.20 Å². The summed E-state index contributed by atoms with van der Waals surface area (Å²) in [5.41, 5.74) is 1.69. The first kappa shape index (κ1) is 14.6. The Morgan fingerprint density at radius 3 is 3.05 bits per heavy atom. The van der Waals surface area contributed by atoms with Gasteiger partial charge in [0.25, 0.3) is 0 Å². The summed E-state index contributed by atoms with van der Waals surface area (Å²) in [6, 6.07) is 7.34. The lowest BCUT2D eigenvalue weighted by molar-refractivity contribution is 0.179. The molecule has 2 aromatic heterocycles. The summed E-state index contributed by atoms with van der Waals surface area (Å²) < 4.78 is 5.33. The molecule has 1 aliphatic rings. The number of hydrogen-bond acceptors (Lipinski definition) is 4. The van der Waals surface area contributed by atoms with E-state index < -0.39 is 0 Å². The highest BCUT2D eigenvalue weighted by atomic mass is 16.5. The zero-order chi connectivity index (χ0) is 15.5. The fraction of sp³-hybridized carbons (Fsp3) is 0.438. The van der Waals surface area contributed by atoms with E-state index in [1.165, 1.54) is 0 Å². The van der Waals surface area contributed by atoms with Crippen LogP contribution in [0, 0.1) is 6.92 Å². The van der Waals surface area contributed by atoms with Crippen LogP contribution in [0.4, 0.5) is 4.79 Å². The molecule has 6 nitrogen and oxygen atoms in total. The second-order valence-corrected chi connectivity index (χ2v) is 5.65. The smallest absolute Gasteiger partial charge is 0.318 e. The minimum absolute atomic E-state index is 0.0304. The average Bonchev–Trinajstić information content (AvgIpc) is 3.16. The third-order valence-corrected chi connectivity index (χ3v) is 3.96. The molecule has 1 aliphatic heterocycles. The van der Waals surface area contributed by atoms with Crippen molar-refractivity contribution in [3.8, 4) is 0 Å². The number of aryl methyl sites for hydroxylation is 1. The van der Waals surface area contributed by atoms with Crippen molar-refractivity contribution >= 4 is 6.03 Å². The van der Waals surface area contributed by atoms with Gasteiger partial charge in [0.1, 0.15) is 0 Å². The van der Waals surface area contributed by atoms with Crippen molar-refractivity contribution in [1.82, 2.24) is 20.4 Å². The summed E-state index contributed by atoms with van der Waals surface area (Å²) in [5, 5.41) is 6.93. The van der Waals surface area contributed by atoms with Gasteiger partial charge in [0.05, 0.1) is 23.5 Å². The van der Waals surface area contributed by atoms with Crippen molar-refractivity contribution in [1.29, 1.82) is 0 Å². The molecule has 116 valence electrons. The molecule has 6 heteroatoms. The van der Waals surface area contributed by atoms with E-state index in [2.05, 4.69) is 15.5 Å². The van der Waals surface area contributed by atoms with E-state index in [1.807, 2.05) is 43.0 Å². The summed E-state index contributed by atoms with van der Waals surface area (Å²) in [6.07, 6.45) is 3.60. The molecule has 0 unspecified atom stereocenters. The van der Waals surface area contributed by atoms with E-state index in [-0.39, 0.29) is 18.1 Å². The number of amides is 2. The van der Waals surface area contributed by atoms with Crippen LogP contribution in [-0.4, -0.2) is 27.6 Å². The van der Waals surface area contributed by atoms with Gasteiger partial charge < -0.3 is 14.7 Å². The number of pyridine rings is 1. The van der Waals surface area contributed by atoms with Gasteiger partial charge in [0.15, 0.2) is 5.76 Å². The van der Waals surface area contributed by atoms with Crippen LogP contribution in [0.1, 0.15) is 49.0 Å². The molecule has 2 aromatic rings. The van der Waals surface area contributed by atoms with Crippen LogP contribution < -0.4 is 5.32 Å². The van der Waals surface area contributed by atoms with E-state index in [0.717, 1.165) is 36.5 Å². The Kier molecular flexibility index (Phi) is 4.09. The molecular formula is C16H20N4O2. The highest BCUT2D eigenvalue weighted by Gasteiger charge is 2.33. The van der Waals surface area contributed by atoms with Gasteiger partial charge in [-0.15, -0.1) is 0 Å². The van der Waals surface area contributed by atoms with Crippen molar-refractivity contribution in [3.63, 3.8) is 0 Å². The third-order valence-electron chi connectivity index (χ3n) is 3.96. The molecular weight excluding hydrogens is 280 g/mol. The molecule has 0 aliphatic carbocycles. The quantitative estimate of drug-likeness (QED) is 0.946. The first-order chi connectivity index (χ1) is 10.6. The van der Waals surface area contributed by atoms with Gasteiger partial charge in [-0.25, -0.2) is 4.79 Å². The van der Waals surface area contributed by atoms with Gasteiger partial charge >= 0.3 is 6.03 Å². The molecule has 3 rings (SSSR count).